The van der Waals surface area contributed by atoms with Crippen molar-refractivity contribution in [3.05, 3.63) is 104 Å². The SMILES string of the molecule is O=C(O)c1c(-c2ccccc2)c2cc(Br)ccc2c(=O)n1C1CCc2ccccc21. The van der Waals surface area contributed by atoms with Crippen molar-refractivity contribution in [1.82, 2.24) is 4.57 Å². The molecule has 1 aliphatic rings. The molecular weight excluding hydrogens is 442 g/mol. The Morgan fingerprint density at radius 2 is 1.70 bits per heavy atom. The van der Waals surface area contributed by atoms with Crippen LogP contribution in [0.1, 0.15) is 34.1 Å². The third-order valence-electron chi connectivity index (χ3n) is 5.86. The lowest BCUT2D eigenvalue weighted by Crippen LogP contribution is -2.30. The minimum atomic E-state index is -1.10. The summed E-state index contributed by atoms with van der Waals surface area (Å²) < 4.78 is 2.30. The van der Waals surface area contributed by atoms with Gasteiger partial charge in [-0.25, -0.2) is 4.79 Å². The predicted octanol–water partition coefficient (Wildman–Crippen LogP) is 5.66. The van der Waals surface area contributed by atoms with Crippen LogP contribution in [0.25, 0.3) is 21.9 Å². The smallest absolute Gasteiger partial charge is 0.353 e. The van der Waals surface area contributed by atoms with Crippen LogP contribution in [0.15, 0.2) is 82.1 Å². The fraction of sp³-hybridized carbons (Fsp3) is 0.120. The first-order chi connectivity index (χ1) is 14.6. The highest BCUT2D eigenvalue weighted by Gasteiger charge is 2.31. The van der Waals surface area contributed by atoms with Gasteiger partial charge in [-0.05, 0) is 53.1 Å². The largest absolute Gasteiger partial charge is 0.477 e. The van der Waals surface area contributed by atoms with Crippen LogP contribution in [0.4, 0.5) is 0 Å². The van der Waals surface area contributed by atoms with Gasteiger partial charge >= 0.3 is 5.97 Å². The molecule has 0 spiro atoms. The lowest BCUT2D eigenvalue weighted by molar-refractivity contribution is 0.0683. The number of carboxylic acids is 1. The van der Waals surface area contributed by atoms with Crippen molar-refractivity contribution >= 4 is 32.7 Å². The molecule has 1 unspecified atom stereocenters. The highest BCUT2D eigenvalue weighted by Crippen LogP contribution is 2.38. The number of aromatic carboxylic acids is 1. The van der Waals surface area contributed by atoms with Crippen molar-refractivity contribution < 1.29 is 9.90 Å². The number of pyridine rings is 1. The van der Waals surface area contributed by atoms with Crippen LogP contribution in [0.5, 0.6) is 0 Å². The second-order valence-corrected chi connectivity index (χ2v) is 8.43. The monoisotopic (exact) mass is 459 g/mol. The third-order valence-corrected chi connectivity index (χ3v) is 6.35. The fourth-order valence-electron chi connectivity index (χ4n) is 4.60. The predicted molar refractivity (Wildman–Crippen MR) is 121 cm³/mol. The van der Waals surface area contributed by atoms with Crippen molar-refractivity contribution in [3.63, 3.8) is 0 Å². The standard InChI is InChI=1S/C25H18BrNO3/c26-17-11-12-19-20(14-17)22(16-7-2-1-3-8-16)23(25(29)30)27(24(19)28)21-13-10-15-6-4-5-9-18(15)21/h1-9,11-12,14,21H,10,13H2,(H,29,30). The maximum absolute atomic E-state index is 13.6. The number of carboxylic acid groups (broad SMARTS) is 1. The van der Waals surface area contributed by atoms with Gasteiger partial charge in [-0.1, -0.05) is 70.5 Å². The molecule has 4 aromatic rings. The van der Waals surface area contributed by atoms with Crippen LogP contribution in [0.3, 0.4) is 0 Å². The van der Waals surface area contributed by atoms with Crippen LogP contribution in [-0.4, -0.2) is 15.6 Å². The summed E-state index contributed by atoms with van der Waals surface area (Å²) in [7, 11) is 0. The number of halogens is 1. The molecule has 5 heteroatoms. The molecular formula is C25H18BrNO3. The number of aryl methyl sites for hydroxylation is 1. The van der Waals surface area contributed by atoms with E-state index in [-0.39, 0.29) is 17.3 Å². The summed E-state index contributed by atoms with van der Waals surface area (Å²) >= 11 is 3.48. The molecule has 0 bridgehead atoms. The highest BCUT2D eigenvalue weighted by molar-refractivity contribution is 9.10. The topological polar surface area (TPSA) is 59.3 Å². The summed E-state index contributed by atoms with van der Waals surface area (Å²) in [6.07, 6.45) is 1.53. The van der Waals surface area contributed by atoms with E-state index in [9.17, 15) is 14.7 Å². The van der Waals surface area contributed by atoms with Gasteiger partial charge in [0.2, 0.25) is 0 Å². The van der Waals surface area contributed by atoms with E-state index in [0.717, 1.165) is 22.0 Å². The average molecular weight is 460 g/mol. The first kappa shape index (κ1) is 18.8. The Morgan fingerprint density at radius 3 is 2.47 bits per heavy atom. The number of rotatable bonds is 3. The normalized spacial score (nSPS) is 15.3. The lowest BCUT2D eigenvalue weighted by Gasteiger charge is -2.23. The lowest BCUT2D eigenvalue weighted by atomic mass is 9.95. The maximum atomic E-state index is 13.6. The number of fused-ring (bicyclic) bond motifs is 2. The van der Waals surface area contributed by atoms with Crippen molar-refractivity contribution in [2.24, 2.45) is 0 Å². The molecule has 30 heavy (non-hydrogen) atoms. The number of aromatic nitrogens is 1. The molecule has 0 amide bonds. The zero-order chi connectivity index (χ0) is 20.8. The second kappa shape index (κ2) is 7.26. The summed E-state index contributed by atoms with van der Waals surface area (Å²) in [5.41, 5.74) is 3.32. The third kappa shape index (κ3) is 2.89. The van der Waals surface area contributed by atoms with Crippen LogP contribution < -0.4 is 5.56 Å². The van der Waals surface area contributed by atoms with Gasteiger partial charge < -0.3 is 5.11 Å². The van der Waals surface area contributed by atoms with E-state index < -0.39 is 5.97 Å². The number of hydrogen-bond donors (Lipinski definition) is 1. The number of carbonyl (C=O) groups is 1. The Kier molecular flexibility index (Phi) is 4.55. The minimum Gasteiger partial charge on any atom is -0.477 e. The van der Waals surface area contributed by atoms with Gasteiger partial charge in [-0.2, -0.15) is 0 Å². The Balaban J connectivity index is 1.94. The fourth-order valence-corrected chi connectivity index (χ4v) is 4.96. The number of hydrogen-bond acceptors (Lipinski definition) is 2. The zero-order valence-electron chi connectivity index (χ0n) is 16.0. The van der Waals surface area contributed by atoms with Gasteiger partial charge in [0.1, 0.15) is 5.69 Å². The minimum absolute atomic E-state index is 0.0403. The Morgan fingerprint density at radius 1 is 0.967 bits per heavy atom. The van der Waals surface area contributed by atoms with Crippen molar-refractivity contribution in [2.75, 3.05) is 0 Å². The van der Waals surface area contributed by atoms with E-state index >= 15 is 0 Å². The maximum Gasteiger partial charge on any atom is 0.353 e. The van der Waals surface area contributed by atoms with Gasteiger partial charge in [-0.3, -0.25) is 9.36 Å². The summed E-state index contributed by atoms with van der Waals surface area (Å²) in [5, 5.41) is 11.5. The molecule has 3 aromatic carbocycles. The molecule has 0 saturated carbocycles. The molecule has 1 aliphatic carbocycles. The summed E-state index contributed by atoms with van der Waals surface area (Å²) in [6.45, 7) is 0. The van der Waals surface area contributed by atoms with E-state index in [0.29, 0.717) is 22.8 Å². The van der Waals surface area contributed by atoms with Crippen LogP contribution >= 0.6 is 15.9 Å². The number of benzene rings is 3. The summed E-state index contributed by atoms with van der Waals surface area (Å²) in [5.74, 6) is -1.10. The Labute approximate surface area is 181 Å². The molecule has 4 nitrogen and oxygen atoms in total. The first-order valence-corrected chi connectivity index (χ1v) is 10.6. The summed E-state index contributed by atoms with van der Waals surface area (Å²) in [6, 6.07) is 22.5. The van der Waals surface area contributed by atoms with Crippen molar-refractivity contribution in [2.45, 2.75) is 18.9 Å². The molecule has 0 radical (unpaired) electrons. The summed E-state index contributed by atoms with van der Waals surface area (Å²) in [4.78, 5) is 26.2. The Bertz CT molecular complexity index is 1360. The molecule has 0 fully saturated rings. The quantitative estimate of drug-likeness (QED) is 0.429. The van der Waals surface area contributed by atoms with Crippen LogP contribution in [0, 0.1) is 0 Å². The molecule has 1 aromatic heterocycles. The van der Waals surface area contributed by atoms with E-state index in [4.69, 9.17) is 0 Å². The van der Waals surface area contributed by atoms with Gasteiger partial charge in [0.15, 0.2) is 0 Å². The van der Waals surface area contributed by atoms with E-state index in [1.54, 1.807) is 6.07 Å². The van der Waals surface area contributed by atoms with Crippen molar-refractivity contribution in [3.8, 4) is 11.1 Å². The molecule has 1 heterocycles. The highest BCUT2D eigenvalue weighted by atomic mass is 79.9. The van der Waals surface area contributed by atoms with Gasteiger partial charge in [-0.15, -0.1) is 0 Å². The first-order valence-electron chi connectivity index (χ1n) is 9.80. The van der Waals surface area contributed by atoms with Gasteiger partial charge in [0, 0.05) is 15.4 Å². The van der Waals surface area contributed by atoms with Gasteiger partial charge in [0.25, 0.3) is 5.56 Å². The van der Waals surface area contributed by atoms with Crippen LogP contribution in [0.2, 0.25) is 0 Å². The molecule has 0 aliphatic heterocycles. The van der Waals surface area contributed by atoms with E-state index in [1.807, 2.05) is 60.7 Å². The average Bonchev–Trinajstić information content (AvgIpc) is 3.17. The zero-order valence-corrected chi connectivity index (χ0v) is 17.6. The Hall–Kier alpha value is -3.18. The van der Waals surface area contributed by atoms with Gasteiger partial charge in [0.05, 0.1) is 6.04 Å². The molecule has 0 saturated heterocycles. The molecule has 1 atom stereocenters. The molecule has 148 valence electrons. The molecule has 1 N–H and O–H groups in total. The van der Waals surface area contributed by atoms with Crippen molar-refractivity contribution in [1.29, 1.82) is 0 Å². The van der Waals surface area contributed by atoms with E-state index in [1.165, 1.54) is 10.1 Å². The second-order valence-electron chi connectivity index (χ2n) is 7.51. The number of nitrogens with zero attached hydrogens (tertiary/aromatic N) is 1. The van der Waals surface area contributed by atoms with E-state index in [2.05, 4.69) is 22.0 Å². The van der Waals surface area contributed by atoms with Crippen LogP contribution in [-0.2, 0) is 6.42 Å². The molecule has 5 rings (SSSR count).